The number of nitrogens with zero attached hydrogens (tertiary/aromatic N) is 2. The van der Waals surface area contributed by atoms with Crippen molar-refractivity contribution in [1.29, 1.82) is 0 Å². The van der Waals surface area contributed by atoms with Gasteiger partial charge in [-0.3, -0.25) is 4.90 Å². The summed E-state index contributed by atoms with van der Waals surface area (Å²) in [6.45, 7) is 6.04. The molecule has 4 nitrogen and oxygen atoms in total. The first kappa shape index (κ1) is 9.48. The number of nitrogens with two attached hydrogens (primary N) is 1. The molecule has 0 bridgehead atoms. The summed E-state index contributed by atoms with van der Waals surface area (Å²) < 4.78 is 0. The molecule has 0 aromatic heterocycles. The molecule has 1 fully saturated rings. The Hall–Kier alpha value is -0.610. The molecule has 0 aromatic rings. The van der Waals surface area contributed by atoms with Gasteiger partial charge in [0.2, 0.25) is 0 Å². The highest BCUT2D eigenvalue weighted by Gasteiger charge is 2.27. The molecule has 4 heteroatoms. The molecule has 0 unspecified atom stereocenters. The third kappa shape index (κ3) is 1.95. The van der Waals surface area contributed by atoms with Crippen molar-refractivity contribution in [2.45, 2.75) is 25.9 Å². The highest BCUT2D eigenvalue weighted by Crippen LogP contribution is 2.09. The summed E-state index contributed by atoms with van der Waals surface area (Å²) in [5, 5.41) is 3.89. The van der Waals surface area contributed by atoms with E-state index in [-0.39, 0.29) is 6.04 Å². The largest absolute Gasteiger partial charge is 0.399 e. The Labute approximate surface area is 73.4 Å². The maximum atomic E-state index is 5.84. The van der Waals surface area contributed by atoms with Crippen molar-refractivity contribution in [3.05, 3.63) is 0 Å². The first-order valence-electron chi connectivity index (χ1n) is 4.24. The van der Waals surface area contributed by atoms with Crippen LogP contribution in [-0.4, -0.2) is 42.9 Å². The third-order valence-electron chi connectivity index (χ3n) is 2.16. The summed E-state index contributed by atoms with van der Waals surface area (Å²) in [4.78, 5) is 6.99. The van der Waals surface area contributed by atoms with Crippen LogP contribution in [0.25, 0.3) is 0 Å². The Balaban J connectivity index is 2.56. The lowest BCUT2D eigenvalue weighted by atomic mass is 10.2. The second-order valence-corrected chi connectivity index (χ2v) is 3.39. The van der Waals surface area contributed by atoms with Gasteiger partial charge in [0.1, 0.15) is 7.11 Å². The van der Waals surface area contributed by atoms with Gasteiger partial charge in [0.25, 0.3) is 0 Å². The van der Waals surface area contributed by atoms with Crippen LogP contribution < -0.4 is 5.73 Å². The zero-order valence-electron chi connectivity index (χ0n) is 7.95. The SMILES string of the molecule is CO/N=C1\CN(C(C)C)C[C@@H]1N. The molecule has 70 valence electrons. The minimum Gasteiger partial charge on any atom is -0.399 e. The normalized spacial score (nSPS) is 28.8. The Morgan fingerprint density at radius 3 is 2.75 bits per heavy atom. The van der Waals surface area contributed by atoms with E-state index in [9.17, 15) is 0 Å². The molecule has 12 heavy (non-hydrogen) atoms. The van der Waals surface area contributed by atoms with Gasteiger partial charge >= 0.3 is 0 Å². The van der Waals surface area contributed by atoms with E-state index in [1.54, 1.807) is 7.11 Å². The average Bonchev–Trinajstić information content (AvgIpc) is 2.34. The Morgan fingerprint density at radius 2 is 2.33 bits per heavy atom. The summed E-state index contributed by atoms with van der Waals surface area (Å²) >= 11 is 0. The zero-order chi connectivity index (χ0) is 9.14. The molecule has 1 rings (SSSR count). The number of hydrogen-bond donors (Lipinski definition) is 1. The van der Waals surface area contributed by atoms with Crippen LogP contribution in [0.15, 0.2) is 5.16 Å². The van der Waals surface area contributed by atoms with E-state index in [0.29, 0.717) is 6.04 Å². The lowest BCUT2D eigenvalue weighted by Crippen LogP contribution is -2.32. The van der Waals surface area contributed by atoms with Gasteiger partial charge in [-0.2, -0.15) is 0 Å². The standard InChI is InChI=1S/C8H17N3O/c1-6(2)11-4-7(9)8(5-11)10-12-3/h6-7H,4-5,9H2,1-3H3/b10-8+/t7-/m0/s1. The molecule has 0 radical (unpaired) electrons. The summed E-state index contributed by atoms with van der Waals surface area (Å²) in [6.07, 6.45) is 0. The summed E-state index contributed by atoms with van der Waals surface area (Å²) in [5.74, 6) is 0. The van der Waals surface area contributed by atoms with Gasteiger partial charge in [-0.25, -0.2) is 0 Å². The molecule has 1 atom stereocenters. The lowest BCUT2D eigenvalue weighted by Gasteiger charge is -2.18. The summed E-state index contributed by atoms with van der Waals surface area (Å²) in [5.41, 5.74) is 6.79. The predicted molar refractivity (Wildman–Crippen MR) is 49.1 cm³/mol. The fourth-order valence-electron chi connectivity index (χ4n) is 1.36. The second kappa shape index (κ2) is 3.87. The summed E-state index contributed by atoms with van der Waals surface area (Å²) in [6, 6.07) is 0.577. The molecule has 1 aliphatic heterocycles. The van der Waals surface area contributed by atoms with E-state index >= 15 is 0 Å². The van der Waals surface area contributed by atoms with Crippen LogP contribution in [0.5, 0.6) is 0 Å². The maximum Gasteiger partial charge on any atom is 0.106 e. The van der Waals surface area contributed by atoms with Crippen molar-refractivity contribution in [1.82, 2.24) is 4.90 Å². The molecule has 2 N–H and O–H groups in total. The van der Waals surface area contributed by atoms with E-state index in [2.05, 4.69) is 23.9 Å². The van der Waals surface area contributed by atoms with Crippen LogP contribution >= 0.6 is 0 Å². The van der Waals surface area contributed by atoms with Gasteiger partial charge in [-0.1, -0.05) is 5.16 Å². The van der Waals surface area contributed by atoms with Crippen LogP contribution in [0.2, 0.25) is 0 Å². The van der Waals surface area contributed by atoms with Gasteiger partial charge in [0, 0.05) is 19.1 Å². The quantitative estimate of drug-likeness (QED) is 0.597. The van der Waals surface area contributed by atoms with Crippen LogP contribution in [0.1, 0.15) is 13.8 Å². The molecule has 1 aliphatic rings. The molecular weight excluding hydrogens is 154 g/mol. The minimum atomic E-state index is 0.0485. The fourth-order valence-corrected chi connectivity index (χ4v) is 1.36. The molecule has 0 saturated carbocycles. The molecule has 0 amide bonds. The lowest BCUT2D eigenvalue weighted by molar-refractivity contribution is 0.211. The number of hydrogen-bond acceptors (Lipinski definition) is 4. The van der Waals surface area contributed by atoms with Crippen molar-refractivity contribution in [3.8, 4) is 0 Å². The highest BCUT2D eigenvalue weighted by molar-refractivity contribution is 5.92. The Morgan fingerprint density at radius 1 is 1.67 bits per heavy atom. The molecule has 0 aromatic carbocycles. The molecule has 0 aliphatic carbocycles. The average molecular weight is 171 g/mol. The Kier molecular flexibility index (Phi) is 3.05. The minimum absolute atomic E-state index is 0.0485. The van der Waals surface area contributed by atoms with Crippen molar-refractivity contribution in [2.75, 3.05) is 20.2 Å². The third-order valence-corrected chi connectivity index (χ3v) is 2.16. The van der Waals surface area contributed by atoms with Crippen molar-refractivity contribution < 1.29 is 4.84 Å². The smallest absolute Gasteiger partial charge is 0.106 e. The fraction of sp³-hybridized carbons (Fsp3) is 0.875. The van der Waals surface area contributed by atoms with Crippen molar-refractivity contribution >= 4 is 5.71 Å². The first-order chi connectivity index (χ1) is 5.65. The van der Waals surface area contributed by atoms with E-state index in [4.69, 9.17) is 10.6 Å². The van der Waals surface area contributed by atoms with Crippen LogP contribution in [0.4, 0.5) is 0 Å². The van der Waals surface area contributed by atoms with E-state index < -0.39 is 0 Å². The van der Waals surface area contributed by atoms with Crippen LogP contribution in [0, 0.1) is 0 Å². The zero-order valence-corrected chi connectivity index (χ0v) is 7.95. The molecule has 1 saturated heterocycles. The van der Waals surface area contributed by atoms with E-state index in [1.807, 2.05) is 0 Å². The molecule has 1 heterocycles. The van der Waals surface area contributed by atoms with Gasteiger partial charge in [0.15, 0.2) is 0 Å². The summed E-state index contributed by atoms with van der Waals surface area (Å²) in [7, 11) is 1.55. The first-order valence-corrected chi connectivity index (χ1v) is 4.24. The Bertz CT molecular complexity index is 179. The number of rotatable bonds is 2. The van der Waals surface area contributed by atoms with E-state index in [0.717, 1.165) is 18.8 Å². The van der Waals surface area contributed by atoms with Crippen LogP contribution in [0.3, 0.4) is 0 Å². The highest BCUT2D eigenvalue weighted by atomic mass is 16.6. The molecule has 0 spiro atoms. The topological polar surface area (TPSA) is 50.8 Å². The number of likely N-dealkylation sites (tertiary alicyclic amines) is 1. The maximum absolute atomic E-state index is 5.84. The second-order valence-electron chi connectivity index (χ2n) is 3.39. The van der Waals surface area contributed by atoms with Crippen molar-refractivity contribution in [2.24, 2.45) is 10.9 Å². The number of oxime groups is 1. The predicted octanol–water partition coefficient (Wildman–Crippen LogP) is 0.0401. The van der Waals surface area contributed by atoms with E-state index in [1.165, 1.54) is 0 Å². The van der Waals surface area contributed by atoms with Gasteiger partial charge < -0.3 is 10.6 Å². The van der Waals surface area contributed by atoms with Crippen LogP contribution in [-0.2, 0) is 4.84 Å². The molecular formula is C8H17N3O. The van der Waals surface area contributed by atoms with Crippen molar-refractivity contribution in [3.63, 3.8) is 0 Å². The van der Waals surface area contributed by atoms with Gasteiger partial charge in [-0.15, -0.1) is 0 Å². The van der Waals surface area contributed by atoms with Gasteiger partial charge in [0.05, 0.1) is 11.8 Å². The van der Waals surface area contributed by atoms with Gasteiger partial charge in [-0.05, 0) is 13.8 Å². The monoisotopic (exact) mass is 171 g/mol.